The fourth-order valence-electron chi connectivity index (χ4n) is 3.96. The zero-order valence-corrected chi connectivity index (χ0v) is 7.27. The minimum atomic E-state index is 0.738. The Morgan fingerprint density at radius 2 is 1.73 bits per heavy atom. The lowest BCUT2D eigenvalue weighted by Gasteiger charge is -2.56. The van der Waals surface area contributed by atoms with Crippen LogP contribution in [-0.4, -0.2) is 12.1 Å². The molecule has 1 nitrogen and oxygen atoms in total. The van der Waals surface area contributed by atoms with E-state index in [1.54, 1.807) is 0 Å². The zero-order chi connectivity index (χ0) is 7.47. The molecule has 0 radical (unpaired) electrons. The molecule has 2 aliphatic carbocycles. The Hall–Kier alpha value is -0.0400. The summed E-state index contributed by atoms with van der Waals surface area (Å²) < 4.78 is 0. The lowest BCUT2D eigenvalue weighted by molar-refractivity contribution is -0.00541. The van der Waals surface area contributed by atoms with E-state index >= 15 is 0 Å². The van der Waals surface area contributed by atoms with Crippen LogP contribution < -0.4 is 5.32 Å². The summed E-state index contributed by atoms with van der Waals surface area (Å²) in [6.45, 7) is 2.50. The van der Waals surface area contributed by atoms with E-state index in [0.29, 0.717) is 0 Å². The predicted octanol–water partition coefficient (Wildman–Crippen LogP) is 1.93. The molecule has 2 aliphatic heterocycles. The van der Waals surface area contributed by atoms with Crippen LogP contribution in [0.3, 0.4) is 0 Å². The maximum atomic E-state index is 3.74. The van der Waals surface area contributed by atoms with Crippen molar-refractivity contribution in [3.8, 4) is 0 Å². The van der Waals surface area contributed by atoms with Crippen LogP contribution in [0.4, 0.5) is 0 Å². The van der Waals surface area contributed by atoms with Crippen molar-refractivity contribution in [1.29, 1.82) is 0 Å². The molecule has 0 aromatic rings. The van der Waals surface area contributed by atoms with E-state index in [1.165, 1.54) is 32.1 Å². The summed E-state index contributed by atoms with van der Waals surface area (Å²) in [4.78, 5) is 0. The molecule has 11 heavy (non-hydrogen) atoms. The van der Waals surface area contributed by atoms with Gasteiger partial charge in [-0.2, -0.15) is 0 Å². The largest absolute Gasteiger partial charge is 0.311 e. The molecule has 2 unspecified atom stereocenters. The van der Waals surface area contributed by atoms with E-state index in [2.05, 4.69) is 12.2 Å². The Morgan fingerprint density at radius 3 is 2.18 bits per heavy atom. The van der Waals surface area contributed by atoms with Crippen LogP contribution in [0.2, 0.25) is 0 Å². The average molecular weight is 151 g/mol. The third-order valence-corrected chi connectivity index (χ3v) is 3.97. The van der Waals surface area contributed by atoms with Gasteiger partial charge in [0.25, 0.3) is 0 Å². The lowest BCUT2D eigenvalue weighted by atomic mass is 9.57. The summed E-state index contributed by atoms with van der Waals surface area (Å²) >= 11 is 0. The average Bonchev–Trinajstić information content (AvgIpc) is 1.79. The van der Waals surface area contributed by atoms with Gasteiger partial charge in [-0.1, -0.05) is 6.92 Å². The second-order valence-electron chi connectivity index (χ2n) is 5.32. The fraction of sp³-hybridized carbons (Fsp3) is 1.00. The smallest absolute Gasteiger partial charge is 0.00775 e. The van der Waals surface area contributed by atoms with Gasteiger partial charge in [-0.05, 0) is 43.4 Å². The van der Waals surface area contributed by atoms with Gasteiger partial charge in [0.05, 0.1) is 0 Å². The van der Waals surface area contributed by atoms with Crippen molar-refractivity contribution in [1.82, 2.24) is 5.32 Å². The summed E-state index contributed by atoms with van der Waals surface area (Å²) in [5, 5.41) is 3.74. The molecule has 2 saturated carbocycles. The van der Waals surface area contributed by atoms with Crippen molar-refractivity contribution >= 4 is 0 Å². The third kappa shape index (κ3) is 0.868. The summed E-state index contributed by atoms with van der Waals surface area (Å²) in [5.74, 6) is 1.08. The van der Waals surface area contributed by atoms with Crippen LogP contribution in [0, 0.1) is 11.3 Å². The van der Waals surface area contributed by atoms with Gasteiger partial charge in [0.2, 0.25) is 0 Å². The van der Waals surface area contributed by atoms with E-state index < -0.39 is 0 Å². The second kappa shape index (κ2) is 1.82. The number of nitrogens with one attached hydrogen (secondary N) is 1. The van der Waals surface area contributed by atoms with E-state index in [9.17, 15) is 0 Å². The van der Waals surface area contributed by atoms with Crippen molar-refractivity contribution in [3.05, 3.63) is 0 Å². The highest BCUT2D eigenvalue weighted by atomic mass is 15.0. The minimum absolute atomic E-state index is 0.738. The van der Waals surface area contributed by atoms with E-state index in [4.69, 9.17) is 0 Å². The minimum Gasteiger partial charge on any atom is -0.311 e. The number of piperidine rings is 2. The van der Waals surface area contributed by atoms with Crippen LogP contribution in [0.1, 0.15) is 39.0 Å². The lowest BCUT2D eigenvalue weighted by Crippen LogP contribution is -2.59. The first-order valence-electron chi connectivity index (χ1n) is 5.00. The molecule has 0 aromatic heterocycles. The molecular weight excluding hydrogens is 134 g/mol. The highest BCUT2D eigenvalue weighted by molar-refractivity contribution is 5.03. The first-order valence-corrected chi connectivity index (χ1v) is 5.00. The van der Waals surface area contributed by atoms with Gasteiger partial charge in [0, 0.05) is 12.1 Å². The van der Waals surface area contributed by atoms with Gasteiger partial charge in [-0.25, -0.2) is 0 Å². The molecule has 4 aliphatic rings. The molecule has 4 fully saturated rings. The van der Waals surface area contributed by atoms with Crippen molar-refractivity contribution in [3.63, 3.8) is 0 Å². The molecule has 4 rings (SSSR count). The van der Waals surface area contributed by atoms with Crippen molar-refractivity contribution in [2.75, 3.05) is 0 Å². The van der Waals surface area contributed by atoms with Gasteiger partial charge < -0.3 is 5.32 Å². The van der Waals surface area contributed by atoms with Crippen LogP contribution in [0.25, 0.3) is 0 Å². The van der Waals surface area contributed by atoms with Crippen molar-refractivity contribution in [2.24, 2.45) is 11.3 Å². The predicted molar refractivity (Wildman–Crippen MR) is 45.4 cm³/mol. The Morgan fingerprint density at radius 1 is 1.09 bits per heavy atom. The topological polar surface area (TPSA) is 12.0 Å². The molecular formula is C10H17N. The zero-order valence-electron chi connectivity index (χ0n) is 7.27. The summed E-state index contributed by atoms with van der Waals surface area (Å²) in [7, 11) is 0. The highest BCUT2D eigenvalue weighted by Gasteiger charge is 2.47. The summed E-state index contributed by atoms with van der Waals surface area (Å²) in [6.07, 6.45) is 7.40. The molecule has 0 spiro atoms. The Balaban J connectivity index is 1.94. The quantitative estimate of drug-likeness (QED) is 0.558. The third-order valence-electron chi connectivity index (χ3n) is 3.97. The Labute approximate surface area is 68.6 Å². The maximum Gasteiger partial charge on any atom is 0.00775 e. The van der Waals surface area contributed by atoms with E-state index in [0.717, 1.165) is 23.4 Å². The van der Waals surface area contributed by atoms with Crippen LogP contribution in [0.15, 0.2) is 0 Å². The van der Waals surface area contributed by atoms with Crippen molar-refractivity contribution < 1.29 is 0 Å². The van der Waals surface area contributed by atoms with E-state index in [-0.39, 0.29) is 0 Å². The molecule has 2 atom stereocenters. The number of hydrogen-bond acceptors (Lipinski definition) is 1. The monoisotopic (exact) mass is 151 g/mol. The summed E-state index contributed by atoms with van der Waals surface area (Å²) in [6, 6.07) is 1.79. The first-order chi connectivity index (χ1) is 5.23. The molecule has 4 bridgehead atoms. The Bertz CT molecular complexity index is 150. The summed E-state index contributed by atoms with van der Waals surface area (Å²) in [5.41, 5.74) is 0.738. The van der Waals surface area contributed by atoms with Gasteiger partial charge in [0.15, 0.2) is 0 Å². The fourth-order valence-corrected chi connectivity index (χ4v) is 3.96. The second-order valence-corrected chi connectivity index (χ2v) is 5.32. The van der Waals surface area contributed by atoms with Crippen LogP contribution >= 0.6 is 0 Å². The van der Waals surface area contributed by atoms with Gasteiger partial charge >= 0.3 is 0 Å². The Kier molecular flexibility index (Phi) is 1.07. The SMILES string of the molecule is CC12CC3CC(C1)NC(C3)C2. The highest BCUT2D eigenvalue weighted by Crippen LogP contribution is 2.52. The van der Waals surface area contributed by atoms with Gasteiger partial charge in [0.1, 0.15) is 0 Å². The molecule has 2 heterocycles. The molecule has 0 aromatic carbocycles. The molecule has 1 N–H and O–H groups in total. The van der Waals surface area contributed by atoms with Crippen LogP contribution in [-0.2, 0) is 0 Å². The maximum absolute atomic E-state index is 3.74. The molecule has 1 heteroatoms. The molecule has 2 saturated heterocycles. The van der Waals surface area contributed by atoms with Crippen molar-refractivity contribution in [2.45, 2.75) is 51.1 Å². The van der Waals surface area contributed by atoms with Gasteiger partial charge in [-0.15, -0.1) is 0 Å². The molecule has 62 valence electrons. The first kappa shape index (κ1) is 6.47. The number of hydrogen-bond donors (Lipinski definition) is 1. The number of rotatable bonds is 0. The normalized spacial score (nSPS) is 60.3. The molecule has 0 amide bonds. The van der Waals surface area contributed by atoms with Crippen LogP contribution in [0.5, 0.6) is 0 Å². The standard InChI is InChI=1S/C10H17N/c1-10-4-7-2-8(5-10)11-9(3-7)6-10/h7-9,11H,2-6H2,1H3. The van der Waals surface area contributed by atoms with E-state index in [1.807, 2.05) is 0 Å². The van der Waals surface area contributed by atoms with Gasteiger partial charge in [-0.3, -0.25) is 0 Å².